The molecule has 0 atom stereocenters. The molecule has 0 radical (unpaired) electrons. The molecule has 1 nitrogen and oxygen atoms in total. The molecule has 2 rings (SSSR count). The van der Waals surface area contributed by atoms with Crippen LogP contribution in [0.3, 0.4) is 0 Å². The summed E-state index contributed by atoms with van der Waals surface area (Å²) < 4.78 is 0. The summed E-state index contributed by atoms with van der Waals surface area (Å²) in [5, 5.41) is 0. The predicted octanol–water partition coefficient (Wildman–Crippen LogP) is 4.87. The quantitative estimate of drug-likeness (QED) is 0.704. The van der Waals surface area contributed by atoms with Gasteiger partial charge in [-0.05, 0) is 25.0 Å². The second-order valence-electron chi connectivity index (χ2n) is 4.95. The van der Waals surface area contributed by atoms with Crippen LogP contribution in [0.2, 0.25) is 0 Å². The molecule has 17 heavy (non-hydrogen) atoms. The van der Waals surface area contributed by atoms with Gasteiger partial charge in [0, 0.05) is 18.8 Å². The fourth-order valence-electron chi connectivity index (χ4n) is 2.34. The third-order valence-electron chi connectivity index (χ3n) is 3.29. The molecule has 0 aromatic heterocycles. The molecule has 0 bridgehead atoms. The molecule has 1 aliphatic rings. The van der Waals surface area contributed by atoms with Crippen molar-refractivity contribution < 1.29 is 0 Å². The van der Waals surface area contributed by atoms with Gasteiger partial charge < -0.3 is 4.90 Å². The van der Waals surface area contributed by atoms with E-state index < -0.39 is 0 Å². The van der Waals surface area contributed by atoms with E-state index in [1.165, 1.54) is 44.2 Å². The van der Waals surface area contributed by atoms with Crippen molar-refractivity contribution in [2.75, 3.05) is 11.9 Å². The van der Waals surface area contributed by atoms with Crippen LogP contribution in [-0.2, 0) is 0 Å². The lowest BCUT2D eigenvalue weighted by atomic mass is 9.94. The van der Waals surface area contributed by atoms with Gasteiger partial charge >= 0.3 is 0 Å². The Hall–Kier alpha value is -0.980. The van der Waals surface area contributed by atoms with Crippen LogP contribution in [-0.4, -0.2) is 13.1 Å². The molecule has 1 aliphatic carbocycles. The van der Waals surface area contributed by atoms with Crippen LogP contribution < -0.4 is 4.90 Å². The van der Waals surface area contributed by atoms with Gasteiger partial charge in [-0.25, -0.2) is 0 Å². The number of rotatable bonds is 2. The molecular weight excluding hydrogens is 206 g/mol. The van der Waals surface area contributed by atoms with E-state index in [1.807, 2.05) is 0 Å². The SMILES string of the molecule is CCC.CN(c1ccccc1)C1CCCCC1. The van der Waals surface area contributed by atoms with Gasteiger partial charge in [-0.3, -0.25) is 0 Å². The molecule has 0 saturated heterocycles. The summed E-state index contributed by atoms with van der Waals surface area (Å²) in [6.07, 6.45) is 8.22. The lowest BCUT2D eigenvalue weighted by Gasteiger charge is -2.32. The molecular formula is C16H27N. The van der Waals surface area contributed by atoms with Crippen molar-refractivity contribution in [2.24, 2.45) is 0 Å². The first-order chi connectivity index (χ1) is 8.29. The van der Waals surface area contributed by atoms with Gasteiger partial charge in [0.25, 0.3) is 0 Å². The lowest BCUT2D eigenvalue weighted by molar-refractivity contribution is 0.427. The standard InChI is InChI=1S/C13H19N.C3H8/c1-14(12-8-4-2-5-9-12)13-10-6-3-7-11-13;1-3-2/h2,4-5,8-9,13H,3,6-7,10-11H2,1H3;3H2,1-2H3. The van der Waals surface area contributed by atoms with E-state index in [2.05, 4.69) is 56.1 Å². The Bertz CT molecular complexity index is 275. The van der Waals surface area contributed by atoms with E-state index in [0.717, 1.165) is 6.04 Å². The fraction of sp³-hybridized carbons (Fsp3) is 0.625. The number of hydrogen-bond donors (Lipinski definition) is 0. The molecule has 1 saturated carbocycles. The maximum absolute atomic E-state index is 2.44. The van der Waals surface area contributed by atoms with Gasteiger partial charge in [0.05, 0.1) is 0 Å². The number of nitrogens with zero attached hydrogens (tertiary/aromatic N) is 1. The molecule has 1 fully saturated rings. The Kier molecular flexibility index (Phi) is 6.76. The second-order valence-corrected chi connectivity index (χ2v) is 4.95. The van der Waals surface area contributed by atoms with Crippen molar-refractivity contribution in [1.29, 1.82) is 0 Å². The highest BCUT2D eigenvalue weighted by Gasteiger charge is 2.17. The fourth-order valence-corrected chi connectivity index (χ4v) is 2.34. The normalized spacial score (nSPS) is 15.9. The highest BCUT2D eigenvalue weighted by molar-refractivity contribution is 5.46. The Morgan fingerprint density at radius 2 is 1.53 bits per heavy atom. The summed E-state index contributed by atoms with van der Waals surface area (Å²) >= 11 is 0. The van der Waals surface area contributed by atoms with Gasteiger partial charge in [0.15, 0.2) is 0 Å². The number of para-hydroxylation sites is 1. The molecule has 0 unspecified atom stereocenters. The molecule has 96 valence electrons. The summed E-state index contributed by atoms with van der Waals surface area (Å²) in [5.74, 6) is 0. The van der Waals surface area contributed by atoms with E-state index in [-0.39, 0.29) is 0 Å². The zero-order valence-electron chi connectivity index (χ0n) is 11.7. The first-order valence-electron chi connectivity index (χ1n) is 7.07. The summed E-state index contributed by atoms with van der Waals surface area (Å²) in [5.41, 5.74) is 1.36. The molecule has 1 heteroatoms. The van der Waals surface area contributed by atoms with Crippen LogP contribution in [0.5, 0.6) is 0 Å². The Morgan fingerprint density at radius 3 is 2.06 bits per heavy atom. The van der Waals surface area contributed by atoms with Gasteiger partial charge in [0.1, 0.15) is 0 Å². The average Bonchev–Trinajstić information content (AvgIpc) is 2.41. The van der Waals surface area contributed by atoms with E-state index in [4.69, 9.17) is 0 Å². The maximum Gasteiger partial charge on any atom is 0.0366 e. The van der Waals surface area contributed by atoms with Gasteiger partial charge in [-0.15, -0.1) is 0 Å². The van der Waals surface area contributed by atoms with Crippen molar-refractivity contribution in [3.63, 3.8) is 0 Å². The minimum absolute atomic E-state index is 0.770. The smallest absolute Gasteiger partial charge is 0.0366 e. The topological polar surface area (TPSA) is 3.24 Å². The Balaban J connectivity index is 0.000000437. The minimum Gasteiger partial charge on any atom is -0.372 e. The third-order valence-corrected chi connectivity index (χ3v) is 3.29. The van der Waals surface area contributed by atoms with E-state index in [0.29, 0.717) is 0 Å². The molecule has 1 aromatic rings. The van der Waals surface area contributed by atoms with E-state index in [9.17, 15) is 0 Å². The van der Waals surface area contributed by atoms with Crippen LogP contribution in [0, 0.1) is 0 Å². The van der Waals surface area contributed by atoms with Crippen molar-refractivity contribution in [3.05, 3.63) is 30.3 Å². The highest BCUT2D eigenvalue weighted by atomic mass is 15.1. The third kappa shape index (κ3) is 4.80. The van der Waals surface area contributed by atoms with Gasteiger partial charge in [0.2, 0.25) is 0 Å². The predicted molar refractivity (Wildman–Crippen MR) is 77.7 cm³/mol. The first kappa shape index (κ1) is 14.1. The zero-order chi connectivity index (χ0) is 12.5. The summed E-state index contributed by atoms with van der Waals surface area (Å²) in [6, 6.07) is 11.5. The summed E-state index contributed by atoms with van der Waals surface area (Å²) in [6.45, 7) is 4.25. The van der Waals surface area contributed by atoms with Crippen molar-refractivity contribution in [1.82, 2.24) is 0 Å². The number of hydrogen-bond acceptors (Lipinski definition) is 1. The maximum atomic E-state index is 2.44. The summed E-state index contributed by atoms with van der Waals surface area (Å²) in [4.78, 5) is 2.44. The number of anilines is 1. The van der Waals surface area contributed by atoms with Crippen LogP contribution in [0.1, 0.15) is 52.4 Å². The monoisotopic (exact) mass is 233 g/mol. The van der Waals surface area contributed by atoms with Crippen LogP contribution in [0.15, 0.2) is 30.3 Å². The molecule has 0 amide bonds. The average molecular weight is 233 g/mol. The van der Waals surface area contributed by atoms with E-state index in [1.54, 1.807) is 0 Å². The molecule has 0 N–H and O–H groups in total. The van der Waals surface area contributed by atoms with Crippen molar-refractivity contribution in [2.45, 2.75) is 58.4 Å². The highest BCUT2D eigenvalue weighted by Crippen LogP contribution is 2.25. The van der Waals surface area contributed by atoms with Crippen LogP contribution in [0.25, 0.3) is 0 Å². The van der Waals surface area contributed by atoms with Gasteiger partial charge in [-0.2, -0.15) is 0 Å². The Labute approximate surface area is 107 Å². The molecule has 0 spiro atoms. The van der Waals surface area contributed by atoms with E-state index >= 15 is 0 Å². The number of benzene rings is 1. The largest absolute Gasteiger partial charge is 0.372 e. The van der Waals surface area contributed by atoms with Crippen molar-refractivity contribution >= 4 is 5.69 Å². The molecule has 0 heterocycles. The minimum atomic E-state index is 0.770. The van der Waals surface area contributed by atoms with Crippen LogP contribution in [0.4, 0.5) is 5.69 Å². The molecule has 0 aliphatic heterocycles. The molecule has 1 aromatic carbocycles. The first-order valence-corrected chi connectivity index (χ1v) is 7.07. The summed E-state index contributed by atoms with van der Waals surface area (Å²) in [7, 11) is 2.23. The van der Waals surface area contributed by atoms with Gasteiger partial charge in [-0.1, -0.05) is 57.7 Å². The Morgan fingerprint density at radius 1 is 1.00 bits per heavy atom. The van der Waals surface area contributed by atoms with Crippen molar-refractivity contribution in [3.8, 4) is 0 Å². The second kappa shape index (κ2) is 8.16. The lowest BCUT2D eigenvalue weighted by Crippen LogP contribution is -2.33. The zero-order valence-corrected chi connectivity index (χ0v) is 11.7. The van der Waals surface area contributed by atoms with Crippen LogP contribution >= 0.6 is 0 Å².